The number of fused-ring (bicyclic) bond motifs is 1. The lowest BCUT2D eigenvalue weighted by molar-refractivity contribution is 0.102. The second-order valence-electron chi connectivity index (χ2n) is 7.29. The Kier molecular flexibility index (Phi) is 6.11. The van der Waals surface area contributed by atoms with Gasteiger partial charge in [-0.15, -0.1) is 23.1 Å². The van der Waals surface area contributed by atoms with Crippen LogP contribution in [0.3, 0.4) is 0 Å². The maximum absolute atomic E-state index is 12.9. The summed E-state index contributed by atoms with van der Waals surface area (Å²) in [6.45, 7) is 1.94. The Morgan fingerprint density at radius 2 is 2.00 bits per heavy atom. The van der Waals surface area contributed by atoms with Gasteiger partial charge in [0.1, 0.15) is 13.2 Å². The average Bonchev–Trinajstić information content (AvgIpc) is 3.50. The van der Waals surface area contributed by atoms with E-state index in [1.807, 2.05) is 47.8 Å². The number of carbonyl (C=O) groups is 1. The lowest BCUT2D eigenvalue weighted by atomic mass is 10.1. The summed E-state index contributed by atoms with van der Waals surface area (Å²) in [5, 5.41) is 5.44. The van der Waals surface area contributed by atoms with Crippen LogP contribution >= 0.6 is 23.1 Å². The summed E-state index contributed by atoms with van der Waals surface area (Å²) >= 11 is 3.07. The summed E-state index contributed by atoms with van der Waals surface area (Å²) in [5.74, 6) is 2.17. The van der Waals surface area contributed by atoms with E-state index in [9.17, 15) is 4.79 Å². The number of thiazole rings is 1. The Balaban J connectivity index is 1.28. The fourth-order valence-corrected chi connectivity index (χ4v) is 5.40. The first-order valence-electron chi connectivity index (χ1n) is 10.3. The lowest BCUT2D eigenvalue weighted by Gasteiger charge is -2.18. The molecule has 0 saturated carbocycles. The van der Waals surface area contributed by atoms with Gasteiger partial charge in [0.05, 0.1) is 17.4 Å². The summed E-state index contributed by atoms with van der Waals surface area (Å²) in [4.78, 5) is 18.5. The number of rotatable bonds is 6. The Labute approximate surface area is 188 Å². The number of hydrogen-bond acceptors (Lipinski definition) is 7. The number of hydrogen-bond donors (Lipinski definition) is 1. The van der Waals surface area contributed by atoms with Crippen LogP contribution in [0.4, 0.5) is 5.13 Å². The molecule has 6 nitrogen and oxygen atoms in total. The van der Waals surface area contributed by atoms with Gasteiger partial charge in [-0.25, -0.2) is 4.98 Å². The van der Waals surface area contributed by atoms with E-state index in [2.05, 4.69) is 10.3 Å². The average molecular weight is 455 g/mol. The fraction of sp³-hybridized carbons (Fsp3) is 0.304. The van der Waals surface area contributed by atoms with Gasteiger partial charge in [0, 0.05) is 28.2 Å². The number of anilines is 1. The number of thioether (sulfide) groups is 1. The van der Waals surface area contributed by atoms with Crippen LogP contribution in [0.2, 0.25) is 0 Å². The second kappa shape index (κ2) is 9.30. The number of amides is 1. The van der Waals surface area contributed by atoms with E-state index >= 15 is 0 Å². The Hall–Kier alpha value is -2.55. The minimum absolute atomic E-state index is 0.154. The zero-order valence-corrected chi connectivity index (χ0v) is 18.5. The minimum Gasteiger partial charge on any atom is -0.486 e. The molecule has 2 aromatic carbocycles. The predicted octanol–water partition coefficient (Wildman–Crippen LogP) is 5.10. The molecule has 1 saturated heterocycles. The molecule has 0 bridgehead atoms. The van der Waals surface area contributed by atoms with E-state index in [1.165, 1.54) is 11.3 Å². The third-order valence-corrected chi connectivity index (χ3v) is 7.11. The largest absolute Gasteiger partial charge is 0.486 e. The lowest BCUT2D eigenvalue weighted by Crippen LogP contribution is -2.15. The number of benzene rings is 2. The normalized spacial score (nSPS) is 17.5. The van der Waals surface area contributed by atoms with Crippen molar-refractivity contribution in [1.29, 1.82) is 0 Å². The summed E-state index contributed by atoms with van der Waals surface area (Å²) in [6.07, 6.45) is 2.47. The zero-order valence-electron chi connectivity index (χ0n) is 16.8. The van der Waals surface area contributed by atoms with Crippen molar-refractivity contribution in [3.05, 3.63) is 53.4 Å². The number of nitrogens with one attached hydrogen (secondary N) is 1. The molecule has 2 aliphatic heterocycles. The molecule has 160 valence electrons. The van der Waals surface area contributed by atoms with Crippen molar-refractivity contribution < 1.29 is 19.0 Å². The quantitative estimate of drug-likeness (QED) is 0.522. The van der Waals surface area contributed by atoms with Crippen molar-refractivity contribution in [1.82, 2.24) is 4.98 Å². The van der Waals surface area contributed by atoms with Crippen LogP contribution in [0, 0.1) is 0 Å². The maximum Gasteiger partial charge on any atom is 0.258 e. The molecule has 31 heavy (non-hydrogen) atoms. The maximum atomic E-state index is 12.9. The van der Waals surface area contributed by atoms with Gasteiger partial charge in [-0.2, -0.15) is 0 Å². The van der Waals surface area contributed by atoms with Crippen LogP contribution in [0.15, 0.2) is 52.7 Å². The Morgan fingerprint density at radius 3 is 2.87 bits per heavy atom. The number of ether oxygens (including phenoxy) is 3. The van der Waals surface area contributed by atoms with Gasteiger partial charge in [-0.05, 0) is 43.2 Å². The van der Waals surface area contributed by atoms with Crippen molar-refractivity contribution in [2.75, 3.05) is 30.9 Å². The van der Waals surface area contributed by atoms with Crippen molar-refractivity contribution in [3.8, 4) is 22.8 Å². The van der Waals surface area contributed by atoms with Crippen molar-refractivity contribution in [3.63, 3.8) is 0 Å². The van der Waals surface area contributed by atoms with Gasteiger partial charge >= 0.3 is 0 Å². The molecule has 0 radical (unpaired) electrons. The Morgan fingerprint density at radius 1 is 1.13 bits per heavy atom. The molecule has 1 N–H and O–H groups in total. The number of nitrogens with zero attached hydrogens (tertiary/aromatic N) is 1. The van der Waals surface area contributed by atoms with E-state index in [-0.39, 0.29) is 12.0 Å². The third kappa shape index (κ3) is 4.71. The minimum atomic E-state index is -0.154. The molecule has 3 heterocycles. The third-order valence-electron chi connectivity index (χ3n) is 5.14. The molecular formula is C23H22N2O4S2. The van der Waals surface area contributed by atoms with Gasteiger partial charge in [0.2, 0.25) is 0 Å². The first kappa shape index (κ1) is 20.4. The topological polar surface area (TPSA) is 69.7 Å². The van der Waals surface area contributed by atoms with Crippen LogP contribution in [-0.2, 0) is 4.74 Å². The molecular weight excluding hydrogens is 432 g/mol. The van der Waals surface area contributed by atoms with Crippen LogP contribution < -0.4 is 14.8 Å². The van der Waals surface area contributed by atoms with Crippen molar-refractivity contribution in [2.45, 2.75) is 23.8 Å². The van der Waals surface area contributed by atoms with Gasteiger partial charge in [-0.3, -0.25) is 10.1 Å². The van der Waals surface area contributed by atoms with Crippen LogP contribution in [0.1, 0.15) is 23.2 Å². The standard InChI is InChI=1S/C23H22N2O4S2/c26-22(17-5-1-2-6-21(17)30-13-16-4-3-9-27-16)25-23-24-18(14-31-23)15-7-8-19-20(12-15)29-11-10-28-19/h1-2,5-8,12,14,16H,3-4,9-11,13H2,(H,24,25,26). The molecule has 5 rings (SSSR count). The molecule has 1 atom stereocenters. The van der Waals surface area contributed by atoms with E-state index in [1.54, 1.807) is 11.8 Å². The molecule has 1 unspecified atom stereocenters. The summed E-state index contributed by atoms with van der Waals surface area (Å²) in [5.41, 5.74) is 2.37. The van der Waals surface area contributed by atoms with E-state index < -0.39 is 0 Å². The van der Waals surface area contributed by atoms with Gasteiger partial charge in [0.15, 0.2) is 16.6 Å². The van der Waals surface area contributed by atoms with E-state index in [0.29, 0.717) is 23.9 Å². The zero-order chi connectivity index (χ0) is 21.0. The highest BCUT2D eigenvalue weighted by Crippen LogP contribution is 2.35. The smallest absolute Gasteiger partial charge is 0.258 e. The second-order valence-corrected chi connectivity index (χ2v) is 9.21. The summed E-state index contributed by atoms with van der Waals surface area (Å²) < 4.78 is 16.9. The SMILES string of the molecule is O=C(Nc1nc(-c2ccc3c(c2)OCCO3)cs1)c1ccccc1SCC1CCCO1. The Bertz CT molecular complexity index is 1080. The predicted molar refractivity (Wildman–Crippen MR) is 123 cm³/mol. The van der Waals surface area contributed by atoms with Gasteiger partial charge in [0.25, 0.3) is 5.91 Å². The van der Waals surface area contributed by atoms with Crippen LogP contribution in [0.5, 0.6) is 11.5 Å². The van der Waals surface area contributed by atoms with Crippen molar-refractivity contribution in [2.24, 2.45) is 0 Å². The fourth-order valence-electron chi connectivity index (χ4n) is 3.57. The van der Waals surface area contributed by atoms with Gasteiger partial charge in [-0.1, -0.05) is 12.1 Å². The molecule has 8 heteroatoms. The highest BCUT2D eigenvalue weighted by Gasteiger charge is 2.19. The van der Waals surface area contributed by atoms with Gasteiger partial charge < -0.3 is 14.2 Å². The van der Waals surface area contributed by atoms with E-state index in [4.69, 9.17) is 14.2 Å². The first-order valence-corrected chi connectivity index (χ1v) is 12.1. The number of carbonyl (C=O) groups excluding carboxylic acids is 1. The molecule has 2 aliphatic rings. The monoisotopic (exact) mass is 454 g/mol. The molecule has 1 fully saturated rings. The van der Waals surface area contributed by atoms with E-state index in [0.717, 1.165) is 52.9 Å². The molecule has 0 spiro atoms. The molecule has 0 aliphatic carbocycles. The summed E-state index contributed by atoms with van der Waals surface area (Å²) in [7, 11) is 0. The molecule has 1 amide bonds. The van der Waals surface area contributed by atoms with Crippen LogP contribution in [-0.4, -0.2) is 42.6 Å². The highest BCUT2D eigenvalue weighted by atomic mass is 32.2. The molecule has 3 aromatic rings. The first-order chi connectivity index (χ1) is 15.3. The summed E-state index contributed by atoms with van der Waals surface area (Å²) in [6, 6.07) is 13.4. The van der Waals surface area contributed by atoms with Crippen LogP contribution in [0.25, 0.3) is 11.3 Å². The highest BCUT2D eigenvalue weighted by molar-refractivity contribution is 7.99. The molecule has 1 aromatic heterocycles. The number of aromatic nitrogens is 1. The van der Waals surface area contributed by atoms with Crippen molar-refractivity contribution >= 4 is 34.1 Å².